The summed E-state index contributed by atoms with van der Waals surface area (Å²) in [7, 11) is 0. The van der Waals surface area contributed by atoms with Crippen molar-refractivity contribution in [3.05, 3.63) is 11.9 Å². The Morgan fingerprint density at radius 1 is 1.71 bits per heavy atom. The number of carbonyl (C=O) groups excluding carboxylic acids is 1. The minimum Gasteiger partial charge on any atom is -0.391 e. The molecule has 14 heavy (non-hydrogen) atoms. The zero-order valence-electron chi connectivity index (χ0n) is 8.10. The van der Waals surface area contributed by atoms with Crippen molar-refractivity contribution < 1.29 is 9.90 Å². The van der Waals surface area contributed by atoms with E-state index in [2.05, 4.69) is 14.1 Å². The number of amides is 1. The molecule has 0 aromatic carbocycles. The fourth-order valence-corrected chi connectivity index (χ4v) is 1.20. The first kappa shape index (κ1) is 11.1. The summed E-state index contributed by atoms with van der Waals surface area (Å²) in [5.41, 5.74) is 0.297. The van der Waals surface area contributed by atoms with E-state index in [0.29, 0.717) is 5.69 Å². The summed E-state index contributed by atoms with van der Waals surface area (Å²) in [6.07, 6.45) is 0.882. The van der Waals surface area contributed by atoms with Crippen LogP contribution in [0.2, 0.25) is 0 Å². The summed E-state index contributed by atoms with van der Waals surface area (Å²) in [4.78, 5) is 11.3. The third kappa shape index (κ3) is 3.04. The molecule has 0 aliphatic carbocycles. The van der Waals surface area contributed by atoms with Crippen molar-refractivity contribution in [1.82, 2.24) is 14.1 Å². The number of aromatic nitrogens is 2. The quantitative estimate of drug-likeness (QED) is 0.756. The fourth-order valence-electron chi connectivity index (χ4n) is 0.788. The average molecular weight is 215 g/mol. The van der Waals surface area contributed by atoms with Gasteiger partial charge < -0.3 is 10.4 Å². The van der Waals surface area contributed by atoms with Gasteiger partial charge in [-0.3, -0.25) is 4.79 Å². The highest BCUT2D eigenvalue weighted by Crippen LogP contribution is 2.00. The van der Waals surface area contributed by atoms with Crippen molar-refractivity contribution in [2.75, 3.05) is 6.54 Å². The molecule has 0 radical (unpaired) electrons. The lowest BCUT2D eigenvalue weighted by Gasteiger charge is -2.14. The molecular weight excluding hydrogens is 202 g/mol. The highest BCUT2D eigenvalue weighted by atomic mass is 32.1. The Balaban J connectivity index is 2.36. The molecule has 0 saturated carbocycles. The molecule has 5 nitrogen and oxygen atoms in total. The van der Waals surface area contributed by atoms with Gasteiger partial charge in [0.05, 0.1) is 24.0 Å². The molecule has 0 saturated heterocycles. The summed E-state index contributed by atoms with van der Waals surface area (Å²) < 4.78 is 7.49. The van der Waals surface area contributed by atoms with E-state index in [0.717, 1.165) is 11.7 Å². The number of aliphatic hydroxyl groups excluding tert-OH is 1. The average Bonchev–Trinajstić information content (AvgIpc) is 2.66. The summed E-state index contributed by atoms with van der Waals surface area (Å²) in [6, 6.07) is 0. The van der Waals surface area contributed by atoms with Crippen LogP contribution in [0.4, 0.5) is 0 Å². The van der Waals surface area contributed by atoms with Gasteiger partial charge in [0.2, 0.25) is 0 Å². The number of hydrogen-bond acceptors (Lipinski definition) is 5. The normalized spacial score (nSPS) is 12.9. The van der Waals surface area contributed by atoms with Crippen LogP contribution in [0.5, 0.6) is 0 Å². The number of carbonyl (C=O) groups is 1. The second kappa shape index (κ2) is 5.02. The molecule has 1 aromatic rings. The smallest absolute Gasteiger partial charge is 0.272 e. The SMILES string of the molecule is CC(C)C(O)CNC(=O)c1cnsn1. The predicted molar refractivity (Wildman–Crippen MR) is 53.1 cm³/mol. The Bertz CT molecular complexity index is 287. The minimum atomic E-state index is -0.523. The largest absolute Gasteiger partial charge is 0.391 e. The highest BCUT2D eigenvalue weighted by molar-refractivity contribution is 6.99. The topological polar surface area (TPSA) is 75.1 Å². The number of aliphatic hydroxyl groups is 1. The predicted octanol–water partition coefficient (Wildman–Crippen LogP) is 0.285. The number of nitrogens with one attached hydrogen (secondary N) is 1. The molecule has 0 fully saturated rings. The molecule has 78 valence electrons. The van der Waals surface area contributed by atoms with E-state index in [1.807, 2.05) is 13.8 Å². The van der Waals surface area contributed by atoms with Crippen molar-refractivity contribution in [3.63, 3.8) is 0 Å². The number of rotatable bonds is 4. The van der Waals surface area contributed by atoms with Gasteiger partial charge in [-0.25, -0.2) is 0 Å². The summed E-state index contributed by atoms with van der Waals surface area (Å²) in [5.74, 6) is -0.165. The van der Waals surface area contributed by atoms with Gasteiger partial charge in [-0.15, -0.1) is 0 Å². The Morgan fingerprint density at radius 2 is 2.43 bits per heavy atom. The van der Waals surface area contributed by atoms with Gasteiger partial charge in [-0.2, -0.15) is 8.75 Å². The van der Waals surface area contributed by atoms with E-state index >= 15 is 0 Å². The molecule has 0 spiro atoms. The fraction of sp³-hybridized carbons (Fsp3) is 0.625. The maximum atomic E-state index is 11.3. The second-order valence-electron chi connectivity index (χ2n) is 3.31. The first-order valence-electron chi connectivity index (χ1n) is 4.35. The van der Waals surface area contributed by atoms with Gasteiger partial charge in [0.15, 0.2) is 5.69 Å². The maximum Gasteiger partial charge on any atom is 0.272 e. The van der Waals surface area contributed by atoms with Gasteiger partial charge in [-0.1, -0.05) is 13.8 Å². The molecule has 1 rings (SSSR count). The van der Waals surface area contributed by atoms with E-state index in [-0.39, 0.29) is 18.4 Å². The van der Waals surface area contributed by atoms with Crippen LogP contribution in [0.3, 0.4) is 0 Å². The van der Waals surface area contributed by atoms with Crippen LogP contribution in [-0.4, -0.2) is 32.4 Å². The van der Waals surface area contributed by atoms with E-state index in [1.54, 1.807) is 0 Å². The highest BCUT2D eigenvalue weighted by Gasteiger charge is 2.13. The Morgan fingerprint density at radius 3 is 2.93 bits per heavy atom. The minimum absolute atomic E-state index is 0.129. The standard InChI is InChI=1S/C8H13N3O2S/c1-5(2)7(12)4-9-8(13)6-3-10-14-11-6/h3,5,7,12H,4H2,1-2H3,(H,9,13). The van der Waals surface area contributed by atoms with Crippen molar-refractivity contribution in [2.24, 2.45) is 5.92 Å². The van der Waals surface area contributed by atoms with Crippen molar-refractivity contribution in [3.8, 4) is 0 Å². The van der Waals surface area contributed by atoms with Gasteiger partial charge in [-0.05, 0) is 5.92 Å². The summed E-state index contributed by atoms with van der Waals surface area (Å²) in [5, 5.41) is 12.0. The Labute approximate surface area is 86.5 Å². The molecule has 1 atom stereocenters. The van der Waals surface area contributed by atoms with E-state index in [4.69, 9.17) is 0 Å². The molecule has 1 heterocycles. The van der Waals surface area contributed by atoms with Gasteiger partial charge in [0.25, 0.3) is 5.91 Å². The van der Waals surface area contributed by atoms with E-state index in [1.165, 1.54) is 6.20 Å². The van der Waals surface area contributed by atoms with Crippen LogP contribution in [0.25, 0.3) is 0 Å². The Kier molecular flexibility index (Phi) is 3.97. The lowest BCUT2D eigenvalue weighted by atomic mass is 10.1. The molecule has 2 N–H and O–H groups in total. The van der Waals surface area contributed by atoms with Gasteiger partial charge >= 0.3 is 0 Å². The first-order valence-corrected chi connectivity index (χ1v) is 5.08. The maximum absolute atomic E-state index is 11.3. The van der Waals surface area contributed by atoms with Crippen LogP contribution in [0, 0.1) is 5.92 Å². The van der Waals surface area contributed by atoms with E-state index in [9.17, 15) is 9.90 Å². The zero-order chi connectivity index (χ0) is 10.6. The van der Waals surface area contributed by atoms with Crippen LogP contribution in [0.1, 0.15) is 24.3 Å². The van der Waals surface area contributed by atoms with E-state index < -0.39 is 6.10 Å². The van der Waals surface area contributed by atoms with Crippen LogP contribution in [-0.2, 0) is 0 Å². The third-order valence-electron chi connectivity index (χ3n) is 1.84. The summed E-state index contributed by atoms with van der Waals surface area (Å²) >= 11 is 0.985. The van der Waals surface area contributed by atoms with Gasteiger partial charge in [0.1, 0.15) is 0 Å². The molecule has 6 heteroatoms. The van der Waals surface area contributed by atoms with Crippen molar-refractivity contribution in [2.45, 2.75) is 20.0 Å². The lowest BCUT2D eigenvalue weighted by molar-refractivity contribution is 0.0868. The van der Waals surface area contributed by atoms with Crippen LogP contribution < -0.4 is 5.32 Å². The molecule has 0 aliphatic rings. The lowest BCUT2D eigenvalue weighted by Crippen LogP contribution is -2.34. The summed E-state index contributed by atoms with van der Waals surface area (Å²) in [6.45, 7) is 4.02. The molecule has 1 unspecified atom stereocenters. The molecule has 0 bridgehead atoms. The van der Waals surface area contributed by atoms with Crippen molar-refractivity contribution >= 4 is 17.6 Å². The molecule has 0 aliphatic heterocycles. The molecular formula is C8H13N3O2S. The first-order chi connectivity index (χ1) is 6.61. The third-order valence-corrected chi connectivity index (χ3v) is 2.31. The second-order valence-corrected chi connectivity index (χ2v) is 3.87. The van der Waals surface area contributed by atoms with Crippen molar-refractivity contribution in [1.29, 1.82) is 0 Å². The number of hydrogen-bond donors (Lipinski definition) is 2. The monoisotopic (exact) mass is 215 g/mol. The zero-order valence-corrected chi connectivity index (χ0v) is 8.91. The molecule has 1 aromatic heterocycles. The molecule has 1 amide bonds. The number of nitrogens with zero attached hydrogens (tertiary/aromatic N) is 2. The van der Waals surface area contributed by atoms with Gasteiger partial charge in [0, 0.05) is 6.54 Å². The Hall–Kier alpha value is -1.01. The van der Waals surface area contributed by atoms with Crippen LogP contribution >= 0.6 is 11.7 Å². The van der Waals surface area contributed by atoms with Crippen LogP contribution in [0.15, 0.2) is 6.20 Å².